The van der Waals surface area contributed by atoms with Crippen LogP contribution in [0.5, 0.6) is 0 Å². The molecule has 0 fully saturated rings. The molecule has 2 rings (SSSR count). The van der Waals surface area contributed by atoms with Crippen LogP contribution in [0.1, 0.15) is 11.3 Å². The molecule has 3 nitrogen and oxygen atoms in total. The van der Waals surface area contributed by atoms with Crippen molar-refractivity contribution in [3.63, 3.8) is 0 Å². The van der Waals surface area contributed by atoms with Crippen molar-refractivity contribution in [3.8, 4) is 11.8 Å². The van der Waals surface area contributed by atoms with Crippen LogP contribution in [-0.4, -0.2) is 9.78 Å². The standard InChI is InChI=1S/C11H7BrClN3/c1-7-10(13)6-16(15-7)11-3-2-9(12)4-8(11)5-14/h2-4,6H,1H3. The molecule has 1 aromatic carbocycles. The lowest BCUT2D eigenvalue weighted by atomic mass is 10.2. The highest BCUT2D eigenvalue weighted by molar-refractivity contribution is 9.10. The summed E-state index contributed by atoms with van der Waals surface area (Å²) < 4.78 is 2.48. The molecule has 0 radical (unpaired) electrons. The summed E-state index contributed by atoms with van der Waals surface area (Å²) in [5, 5.41) is 13.9. The van der Waals surface area contributed by atoms with E-state index >= 15 is 0 Å². The van der Waals surface area contributed by atoms with E-state index in [0.29, 0.717) is 10.6 Å². The molecular weight excluding hydrogens is 289 g/mol. The van der Waals surface area contributed by atoms with Crippen molar-refractivity contribution in [2.24, 2.45) is 0 Å². The number of aromatic nitrogens is 2. The highest BCUT2D eigenvalue weighted by Gasteiger charge is 2.08. The second-order valence-electron chi connectivity index (χ2n) is 3.28. The van der Waals surface area contributed by atoms with Crippen LogP contribution in [0.3, 0.4) is 0 Å². The number of nitriles is 1. The first kappa shape index (κ1) is 11.2. The topological polar surface area (TPSA) is 41.6 Å². The lowest BCUT2D eigenvalue weighted by Gasteiger charge is -2.03. The van der Waals surface area contributed by atoms with Crippen LogP contribution < -0.4 is 0 Å². The third-order valence-corrected chi connectivity index (χ3v) is 3.03. The van der Waals surface area contributed by atoms with Gasteiger partial charge in [-0.05, 0) is 25.1 Å². The Hall–Kier alpha value is -1.31. The molecule has 80 valence electrons. The van der Waals surface area contributed by atoms with Gasteiger partial charge in [0.25, 0.3) is 0 Å². The lowest BCUT2D eigenvalue weighted by molar-refractivity contribution is 0.859. The van der Waals surface area contributed by atoms with Crippen LogP contribution in [0.2, 0.25) is 5.02 Å². The Kier molecular flexibility index (Phi) is 2.99. The molecule has 0 atom stereocenters. The normalized spacial score (nSPS) is 10.1. The van der Waals surface area contributed by atoms with Gasteiger partial charge in [-0.15, -0.1) is 0 Å². The van der Waals surface area contributed by atoms with Gasteiger partial charge >= 0.3 is 0 Å². The largest absolute Gasteiger partial charge is 0.238 e. The Bertz CT molecular complexity index is 564. The molecule has 16 heavy (non-hydrogen) atoms. The van der Waals surface area contributed by atoms with Crippen LogP contribution in [0, 0.1) is 18.3 Å². The average Bonchev–Trinajstić information content (AvgIpc) is 2.59. The van der Waals surface area contributed by atoms with Gasteiger partial charge in [-0.1, -0.05) is 27.5 Å². The molecule has 0 bridgehead atoms. The summed E-state index contributed by atoms with van der Waals surface area (Å²) in [4.78, 5) is 0. The van der Waals surface area contributed by atoms with Crippen molar-refractivity contribution >= 4 is 27.5 Å². The predicted octanol–water partition coefficient (Wildman–Crippen LogP) is 3.47. The average molecular weight is 297 g/mol. The maximum absolute atomic E-state index is 9.04. The molecule has 0 amide bonds. The van der Waals surface area contributed by atoms with Crippen molar-refractivity contribution in [3.05, 3.63) is 45.1 Å². The number of halogens is 2. The van der Waals surface area contributed by atoms with Crippen LogP contribution in [-0.2, 0) is 0 Å². The fourth-order valence-corrected chi connectivity index (χ4v) is 1.85. The van der Waals surface area contributed by atoms with Crippen molar-refractivity contribution in [1.29, 1.82) is 5.26 Å². The minimum atomic E-state index is 0.550. The van der Waals surface area contributed by atoms with E-state index in [9.17, 15) is 0 Å². The molecule has 0 aliphatic rings. The van der Waals surface area contributed by atoms with Crippen LogP contribution in [0.4, 0.5) is 0 Å². The Labute approximate surface area is 106 Å². The number of hydrogen-bond donors (Lipinski definition) is 0. The van der Waals surface area contributed by atoms with Gasteiger partial charge in [0.2, 0.25) is 0 Å². The highest BCUT2D eigenvalue weighted by Crippen LogP contribution is 2.21. The van der Waals surface area contributed by atoms with E-state index in [2.05, 4.69) is 27.1 Å². The zero-order chi connectivity index (χ0) is 11.7. The maximum Gasteiger partial charge on any atom is 0.101 e. The zero-order valence-electron chi connectivity index (χ0n) is 8.41. The number of benzene rings is 1. The Balaban J connectivity index is 2.60. The molecule has 2 aromatic rings. The fraction of sp³-hybridized carbons (Fsp3) is 0.0909. The summed E-state index contributed by atoms with van der Waals surface area (Å²) in [7, 11) is 0. The summed E-state index contributed by atoms with van der Waals surface area (Å²) in [5.41, 5.74) is 2.02. The van der Waals surface area contributed by atoms with Gasteiger partial charge in [-0.3, -0.25) is 0 Å². The molecule has 0 N–H and O–H groups in total. The summed E-state index contributed by atoms with van der Waals surface area (Å²) in [6.45, 7) is 1.82. The van der Waals surface area contributed by atoms with Crippen molar-refractivity contribution < 1.29 is 0 Å². The monoisotopic (exact) mass is 295 g/mol. The zero-order valence-corrected chi connectivity index (χ0v) is 10.7. The van der Waals surface area contributed by atoms with Gasteiger partial charge in [0.05, 0.1) is 22.0 Å². The molecule has 5 heteroatoms. The van der Waals surface area contributed by atoms with E-state index in [4.69, 9.17) is 16.9 Å². The van der Waals surface area contributed by atoms with Crippen molar-refractivity contribution in [2.75, 3.05) is 0 Å². The third-order valence-electron chi connectivity index (χ3n) is 2.16. The number of aryl methyl sites for hydroxylation is 1. The van der Waals surface area contributed by atoms with Crippen LogP contribution in [0.25, 0.3) is 5.69 Å². The number of hydrogen-bond acceptors (Lipinski definition) is 2. The van der Waals surface area contributed by atoms with Crippen LogP contribution in [0.15, 0.2) is 28.9 Å². The van der Waals surface area contributed by atoms with Crippen molar-refractivity contribution in [2.45, 2.75) is 6.92 Å². The lowest BCUT2D eigenvalue weighted by Crippen LogP contribution is -1.98. The van der Waals surface area contributed by atoms with Crippen LogP contribution >= 0.6 is 27.5 Å². The Morgan fingerprint density at radius 1 is 1.50 bits per heavy atom. The third kappa shape index (κ3) is 1.97. The van der Waals surface area contributed by atoms with E-state index < -0.39 is 0 Å². The fourth-order valence-electron chi connectivity index (χ4n) is 1.36. The summed E-state index contributed by atoms with van der Waals surface area (Å²) in [6, 6.07) is 7.57. The molecule has 0 unspecified atom stereocenters. The van der Waals surface area contributed by atoms with E-state index in [1.807, 2.05) is 19.1 Å². The van der Waals surface area contributed by atoms with Gasteiger partial charge in [0.1, 0.15) is 6.07 Å². The molecule has 1 aromatic heterocycles. The summed E-state index contributed by atoms with van der Waals surface area (Å²) in [5.74, 6) is 0. The second kappa shape index (κ2) is 4.28. The smallest absolute Gasteiger partial charge is 0.101 e. The molecule has 1 heterocycles. The van der Waals surface area contributed by atoms with Crippen molar-refractivity contribution in [1.82, 2.24) is 9.78 Å². The van der Waals surface area contributed by atoms with E-state index in [-0.39, 0.29) is 0 Å². The molecule has 0 saturated carbocycles. The molecule has 0 aliphatic carbocycles. The minimum absolute atomic E-state index is 0.550. The van der Waals surface area contributed by atoms with Gasteiger partial charge in [-0.25, -0.2) is 4.68 Å². The minimum Gasteiger partial charge on any atom is -0.238 e. The van der Waals surface area contributed by atoms with E-state index in [1.165, 1.54) is 0 Å². The van der Waals surface area contributed by atoms with E-state index in [0.717, 1.165) is 15.9 Å². The molecule has 0 aliphatic heterocycles. The molecule has 0 spiro atoms. The quantitative estimate of drug-likeness (QED) is 0.808. The van der Waals surface area contributed by atoms with E-state index in [1.54, 1.807) is 16.9 Å². The van der Waals surface area contributed by atoms with Gasteiger partial charge in [-0.2, -0.15) is 10.4 Å². The number of nitrogens with zero attached hydrogens (tertiary/aromatic N) is 3. The summed E-state index contributed by atoms with van der Waals surface area (Å²) in [6.07, 6.45) is 1.70. The Morgan fingerprint density at radius 2 is 2.25 bits per heavy atom. The SMILES string of the molecule is Cc1nn(-c2ccc(Br)cc2C#N)cc1Cl. The van der Waals surface area contributed by atoms with Gasteiger partial charge in [0.15, 0.2) is 0 Å². The molecular formula is C11H7BrClN3. The first-order chi connectivity index (χ1) is 7.61. The molecule has 0 saturated heterocycles. The summed E-state index contributed by atoms with van der Waals surface area (Å²) >= 11 is 9.25. The maximum atomic E-state index is 9.04. The first-order valence-electron chi connectivity index (χ1n) is 4.53. The first-order valence-corrected chi connectivity index (χ1v) is 5.70. The number of rotatable bonds is 1. The predicted molar refractivity (Wildman–Crippen MR) is 65.7 cm³/mol. The highest BCUT2D eigenvalue weighted by atomic mass is 79.9. The second-order valence-corrected chi connectivity index (χ2v) is 4.60. The van der Waals surface area contributed by atoms with Gasteiger partial charge in [0, 0.05) is 10.7 Å². The Morgan fingerprint density at radius 3 is 2.81 bits per heavy atom. The van der Waals surface area contributed by atoms with Gasteiger partial charge < -0.3 is 0 Å².